The van der Waals surface area contributed by atoms with Gasteiger partial charge in [0.1, 0.15) is 12.1 Å². The van der Waals surface area contributed by atoms with Gasteiger partial charge in [-0.3, -0.25) is 4.72 Å². The van der Waals surface area contributed by atoms with Crippen molar-refractivity contribution in [3.05, 3.63) is 83.9 Å². The standard InChI is InChI=1S/C22H18F3N5O3S/c1-14-11-15(2)30(28-14)20-12-21(27-13-26-20)33-18-7-5-17(6-8-18)29-34(31,32)19-9-3-16(4-10-19)22(23,24)25/h3-13,29H,1-2H3. The third-order valence-corrected chi connectivity index (χ3v) is 6.07. The summed E-state index contributed by atoms with van der Waals surface area (Å²) >= 11 is 0. The van der Waals surface area contributed by atoms with Gasteiger partial charge in [-0.15, -0.1) is 0 Å². The number of alkyl halides is 3. The van der Waals surface area contributed by atoms with Crippen LogP contribution in [0.15, 0.2) is 71.9 Å². The number of hydrogen-bond acceptors (Lipinski definition) is 6. The maximum absolute atomic E-state index is 12.7. The van der Waals surface area contributed by atoms with E-state index in [0.717, 1.165) is 23.5 Å². The summed E-state index contributed by atoms with van der Waals surface area (Å²) in [4.78, 5) is 7.98. The third-order valence-electron chi connectivity index (χ3n) is 4.68. The molecule has 2 aromatic heterocycles. The number of sulfonamides is 1. The van der Waals surface area contributed by atoms with Gasteiger partial charge in [0, 0.05) is 17.4 Å². The first-order chi connectivity index (χ1) is 16.0. The molecule has 2 heterocycles. The predicted octanol–water partition coefficient (Wildman–Crippen LogP) is 4.89. The van der Waals surface area contributed by atoms with E-state index in [0.29, 0.717) is 23.7 Å². The monoisotopic (exact) mass is 489 g/mol. The van der Waals surface area contributed by atoms with Crippen molar-refractivity contribution in [1.82, 2.24) is 19.7 Å². The van der Waals surface area contributed by atoms with Crippen LogP contribution < -0.4 is 9.46 Å². The highest BCUT2D eigenvalue weighted by Crippen LogP contribution is 2.30. The highest BCUT2D eigenvalue weighted by Gasteiger charge is 2.30. The summed E-state index contributed by atoms with van der Waals surface area (Å²) in [7, 11) is -4.07. The Balaban J connectivity index is 1.46. The molecule has 0 unspecified atom stereocenters. The summed E-state index contributed by atoms with van der Waals surface area (Å²) < 4.78 is 72.8. The molecule has 2 aromatic carbocycles. The number of hydrogen-bond donors (Lipinski definition) is 1. The van der Waals surface area contributed by atoms with E-state index < -0.39 is 21.8 Å². The van der Waals surface area contributed by atoms with Crippen LogP contribution in [0.5, 0.6) is 11.6 Å². The van der Waals surface area contributed by atoms with E-state index >= 15 is 0 Å². The molecular weight excluding hydrogens is 471 g/mol. The summed E-state index contributed by atoms with van der Waals surface area (Å²) in [6.07, 6.45) is -3.21. The molecule has 0 radical (unpaired) electrons. The molecule has 0 amide bonds. The van der Waals surface area contributed by atoms with Crippen molar-refractivity contribution in [2.75, 3.05) is 4.72 Å². The number of rotatable bonds is 6. The van der Waals surface area contributed by atoms with Crippen LogP contribution in [0.1, 0.15) is 17.0 Å². The van der Waals surface area contributed by atoms with Crippen molar-refractivity contribution in [3.8, 4) is 17.4 Å². The average molecular weight is 489 g/mol. The number of benzene rings is 2. The van der Waals surface area contributed by atoms with Crippen LogP contribution >= 0.6 is 0 Å². The van der Waals surface area contributed by atoms with Gasteiger partial charge in [0.2, 0.25) is 5.88 Å². The van der Waals surface area contributed by atoms with Crippen molar-refractivity contribution >= 4 is 15.7 Å². The first-order valence-corrected chi connectivity index (χ1v) is 11.3. The second-order valence-corrected chi connectivity index (χ2v) is 8.99. The molecule has 176 valence electrons. The van der Waals surface area contributed by atoms with E-state index in [4.69, 9.17) is 4.74 Å². The molecule has 12 heteroatoms. The second-order valence-electron chi connectivity index (χ2n) is 7.31. The van der Waals surface area contributed by atoms with Gasteiger partial charge in [0.25, 0.3) is 10.0 Å². The number of halogens is 3. The van der Waals surface area contributed by atoms with Crippen LogP contribution in [0.2, 0.25) is 0 Å². The summed E-state index contributed by atoms with van der Waals surface area (Å²) in [5, 5.41) is 4.37. The molecule has 0 aliphatic heterocycles. The van der Waals surface area contributed by atoms with Gasteiger partial charge in [0.15, 0.2) is 5.82 Å². The Morgan fingerprint density at radius 3 is 2.21 bits per heavy atom. The highest BCUT2D eigenvalue weighted by molar-refractivity contribution is 7.92. The van der Waals surface area contributed by atoms with Crippen LogP contribution in [0.4, 0.5) is 18.9 Å². The van der Waals surface area contributed by atoms with Gasteiger partial charge in [-0.05, 0) is 68.4 Å². The first kappa shape index (κ1) is 23.2. The van der Waals surface area contributed by atoms with E-state index in [1.165, 1.54) is 30.6 Å². The lowest BCUT2D eigenvalue weighted by Crippen LogP contribution is -2.13. The lowest BCUT2D eigenvalue weighted by molar-refractivity contribution is -0.137. The molecule has 8 nitrogen and oxygen atoms in total. The maximum atomic E-state index is 12.7. The van der Waals surface area contributed by atoms with Gasteiger partial charge in [-0.1, -0.05) is 0 Å². The van der Waals surface area contributed by atoms with Gasteiger partial charge >= 0.3 is 6.18 Å². The number of aryl methyl sites for hydroxylation is 2. The predicted molar refractivity (Wildman–Crippen MR) is 117 cm³/mol. The van der Waals surface area contributed by atoms with Gasteiger partial charge in [0.05, 0.1) is 16.2 Å². The zero-order valence-electron chi connectivity index (χ0n) is 17.9. The summed E-state index contributed by atoms with van der Waals surface area (Å²) in [6.45, 7) is 3.77. The minimum Gasteiger partial charge on any atom is -0.439 e. The Kier molecular flexibility index (Phi) is 6.00. The van der Waals surface area contributed by atoms with Crippen LogP contribution in [-0.4, -0.2) is 28.2 Å². The van der Waals surface area contributed by atoms with Crippen molar-refractivity contribution < 1.29 is 26.3 Å². The maximum Gasteiger partial charge on any atom is 0.416 e. The Morgan fingerprint density at radius 2 is 1.62 bits per heavy atom. The Hall–Kier alpha value is -3.93. The Bertz CT molecular complexity index is 1420. The average Bonchev–Trinajstić information content (AvgIpc) is 3.12. The minimum atomic E-state index is -4.55. The minimum absolute atomic E-state index is 0.207. The van der Waals surface area contributed by atoms with Crippen LogP contribution in [0.25, 0.3) is 5.82 Å². The summed E-state index contributed by atoms with van der Waals surface area (Å²) in [6, 6.07) is 12.7. The number of anilines is 1. The van der Waals surface area contributed by atoms with E-state index in [1.807, 2.05) is 19.9 Å². The molecule has 0 saturated heterocycles. The highest BCUT2D eigenvalue weighted by atomic mass is 32.2. The lowest BCUT2D eigenvalue weighted by Gasteiger charge is -2.11. The van der Waals surface area contributed by atoms with Gasteiger partial charge < -0.3 is 4.74 Å². The number of nitrogens with zero attached hydrogens (tertiary/aromatic N) is 4. The van der Waals surface area contributed by atoms with Gasteiger partial charge in [-0.2, -0.15) is 18.3 Å². The van der Waals surface area contributed by atoms with Crippen LogP contribution in [-0.2, 0) is 16.2 Å². The molecule has 0 aliphatic carbocycles. The molecule has 34 heavy (non-hydrogen) atoms. The van der Waals surface area contributed by atoms with Crippen molar-refractivity contribution in [1.29, 1.82) is 0 Å². The molecule has 4 aromatic rings. The van der Waals surface area contributed by atoms with Crippen LogP contribution in [0.3, 0.4) is 0 Å². The molecule has 0 atom stereocenters. The third kappa shape index (κ3) is 5.17. The molecular formula is C22H18F3N5O3S. The molecule has 0 bridgehead atoms. The molecule has 0 spiro atoms. The fourth-order valence-electron chi connectivity index (χ4n) is 3.11. The second kappa shape index (κ2) is 8.78. The molecule has 0 fully saturated rings. The van der Waals surface area contributed by atoms with Crippen molar-refractivity contribution in [3.63, 3.8) is 0 Å². The summed E-state index contributed by atoms with van der Waals surface area (Å²) in [5.41, 5.74) is 1.01. The number of ether oxygens (including phenoxy) is 1. The quantitative estimate of drug-likeness (QED) is 0.414. The Morgan fingerprint density at radius 1 is 0.941 bits per heavy atom. The fourth-order valence-corrected chi connectivity index (χ4v) is 4.17. The van der Waals surface area contributed by atoms with E-state index in [9.17, 15) is 21.6 Å². The molecule has 4 rings (SSSR count). The molecule has 0 saturated carbocycles. The van der Waals surface area contributed by atoms with Crippen molar-refractivity contribution in [2.24, 2.45) is 0 Å². The topological polar surface area (TPSA) is 99.0 Å². The van der Waals surface area contributed by atoms with E-state index in [-0.39, 0.29) is 16.5 Å². The summed E-state index contributed by atoms with van der Waals surface area (Å²) in [5.74, 6) is 1.17. The SMILES string of the molecule is Cc1cc(C)n(-c2cc(Oc3ccc(NS(=O)(=O)c4ccc(C(F)(F)F)cc4)cc3)ncn2)n1. The largest absolute Gasteiger partial charge is 0.439 e. The smallest absolute Gasteiger partial charge is 0.416 e. The van der Waals surface area contributed by atoms with Crippen molar-refractivity contribution in [2.45, 2.75) is 24.9 Å². The lowest BCUT2D eigenvalue weighted by atomic mass is 10.2. The van der Waals surface area contributed by atoms with E-state index in [1.54, 1.807) is 10.7 Å². The molecule has 0 aliphatic rings. The van der Waals surface area contributed by atoms with Gasteiger partial charge in [-0.25, -0.2) is 23.1 Å². The zero-order valence-corrected chi connectivity index (χ0v) is 18.7. The fraction of sp³-hybridized carbons (Fsp3) is 0.136. The first-order valence-electron chi connectivity index (χ1n) is 9.85. The number of aromatic nitrogens is 4. The molecule has 1 N–H and O–H groups in total. The zero-order chi connectivity index (χ0) is 24.5. The van der Waals surface area contributed by atoms with E-state index in [2.05, 4.69) is 19.8 Å². The normalized spacial score (nSPS) is 11.9. The Labute approximate surface area is 193 Å². The van der Waals surface area contributed by atoms with Crippen LogP contribution in [0, 0.1) is 13.8 Å². The number of nitrogens with one attached hydrogen (secondary N) is 1.